The van der Waals surface area contributed by atoms with Gasteiger partial charge in [-0.3, -0.25) is 4.90 Å². The second-order valence-electron chi connectivity index (χ2n) is 4.64. The maximum Gasteiger partial charge on any atom is 0.170 e. The molecule has 1 aliphatic rings. The molecule has 0 spiro atoms. The van der Waals surface area contributed by atoms with E-state index in [1.807, 2.05) is 13.8 Å². The third-order valence-corrected chi connectivity index (χ3v) is 3.44. The normalized spacial score (nSPS) is 23.5. The SMILES string of the molecule is CCOC(CN1CCN(C)C(CC)C1)OCC. The molecule has 4 nitrogen and oxygen atoms in total. The number of piperazine rings is 1. The van der Waals surface area contributed by atoms with Gasteiger partial charge < -0.3 is 14.4 Å². The van der Waals surface area contributed by atoms with Gasteiger partial charge in [0.1, 0.15) is 0 Å². The molecule has 1 saturated heterocycles. The Morgan fingerprint density at radius 2 is 1.76 bits per heavy atom. The Kier molecular flexibility index (Phi) is 7.04. The molecule has 102 valence electrons. The number of hydrogen-bond acceptors (Lipinski definition) is 4. The molecule has 4 heteroatoms. The van der Waals surface area contributed by atoms with Crippen LogP contribution in [0.15, 0.2) is 0 Å². The summed E-state index contributed by atoms with van der Waals surface area (Å²) in [5, 5.41) is 0. The van der Waals surface area contributed by atoms with E-state index >= 15 is 0 Å². The topological polar surface area (TPSA) is 24.9 Å². The summed E-state index contributed by atoms with van der Waals surface area (Å²) < 4.78 is 11.2. The summed E-state index contributed by atoms with van der Waals surface area (Å²) in [4.78, 5) is 4.91. The van der Waals surface area contributed by atoms with E-state index in [-0.39, 0.29) is 6.29 Å². The van der Waals surface area contributed by atoms with E-state index < -0.39 is 0 Å². The lowest BCUT2D eigenvalue weighted by molar-refractivity contribution is -0.150. The molecule has 1 heterocycles. The van der Waals surface area contributed by atoms with E-state index in [1.54, 1.807) is 0 Å². The zero-order valence-corrected chi connectivity index (χ0v) is 11.8. The fourth-order valence-corrected chi connectivity index (χ4v) is 2.35. The first-order chi connectivity index (χ1) is 8.21. The van der Waals surface area contributed by atoms with Crippen molar-refractivity contribution in [3.8, 4) is 0 Å². The summed E-state index contributed by atoms with van der Waals surface area (Å²) in [6, 6.07) is 0.674. The molecule has 1 unspecified atom stereocenters. The number of nitrogens with zero attached hydrogens (tertiary/aromatic N) is 2. The van der Waals surface area contributed by atoms with Crippen LogP contribution in [0, 0.1) is 0 Å². The first-order valence-corrected chi connectivity index (χ1v) is 6.87. The minimum Gasteiger partial charge on any atom is -0.352 e. The zero-order valence-electron chi connectivity index (χ0n) is 11.8. The Balaban J connectivity index is 2.38. The Morgan fingerprint density at radius 1 is 1.12 bits per heavy atom. The molecule has 1 atom stereocenters. The van der Waals surface area contributed by atoms with Gasteiger partial charge in [-0.25, -0.2) is 0 Å². The van der Waals surface area contributed by atoms with E-state index in [1.165, 1.54) is 6.42 Å². The van der Waals surface area contributed by atoms with Crippen molar-refractivity contribution in [1.82, 2.24) is 9.80 Å². The van der Waals surface area contributed by atoms with Crippen LogP contribution in [0.4, 0.5) is 0 Å². The Morgan fingerprint density at radius 3 is 2.29 bits per heavy atom. The Hall–Kier alpha value is -0.160. The van der Waals surface area contributed by atoms with Crippen LogP contribution in [0.25, 0.3) is 0 Å². The van der Waals surface area contributed by atoms with Crippen LogP contribution >= 0.6 is 0 Å². The molecule has 0 N–H and O–H groups in total. The summed E-state index contributed by atoms with van der Waals surface area (Å²) in [6.45, 7) is 12.0. The summed E-state index contributed by atoms with van der Waals surface area (Å²) in [5.41, 5.74) is 0. The number of ether oxygens (including phenoxy) is 2. The molecule has 0 aromatic heterocycles. The second-order valence-corrected chi connectivity index (χ2v) is 4.64. The van der Waals surface area contributed by atoms with Crippen molar-refractivity contribution in [2.75, 3.05) is 46.4 Å². The van der Waals surface area contributed by atoms with Crippen LogP contribution in [0.1, 0.15) is 27.2 Å². The van der Waals surface area contributed by atoms with Gasteiger partial charge >= 0.3 is 0 Å². The van der Waals surface area contributed by atoms with E-state index in [9.17, 15) is 0 Å². The molecule has 0 aromatic rings. The summed E-state index contributed by atoms with van der Waals surface area (Å²) >= 11 is 0. The third kappa shape index (κ3) is 4.92. The van der Waals surface area contributed by atoms with E-state index in [0.717, 1.165) is 39.4 Å². The van der Waals surface area contributed by atoms with Gasteiger partial charge in [0.05, 0.1) is 0 Å². The standard InChI is InChI=1S/C13H28N2O2/c1-5-12-10-15(9-8-14(12)4)11-13(16-6-2)17-7-3/h12-13H,5-11H2,1-4H3. The minimum atomic E-state index is -0.0640. The van der Waals surface area contributed by atoms with Crippen LogP contribution in [0.3, 0.4) is 0 Å². The fourth-order valence-electron chi connectivity index (χ4n) is 2.35. The van der Waals surface area contributed by atoms with Crippen molar-refractivity contribution in [2.24, 2.45) is 0 Å². The van der Waals surface area contributed by atoms with Gasteiger partial charge in [-0.1, -0.05) is 6.92 Å². The average Bonchev–Trinajstić information content (AvgIpc) is 2.32. The maximum absolute atomic E-state index is 5.60. The van der Waals surface area contributed by atoms with E-state index in [0.29, 0.717) is 6.04 Å². The van der Waals surface area contributed by atoms with Crippen molar-refractivity contribution < 1.29 is 9.47 Å². The van der Waals surface area contributed by atoms with Gasteiger partial charge in [0.15, 0.2) is 6.29 Å². The van der Waals surface area contributed by atoms with Gasteiger partial charge in [-0.15, -0.1) is 0 Å². The van der Waals surface area contributed by atoms with Gasteiger partial charge in [0.25, 0.3) is 0 Å². The smallest absolute Gasteiger partial charge is 0.170 e. The first kappa shape index (κ1) is 14.9. The van der Waals surface area contributed by atoms with Crippen LogP contribution in [-0.4, -0.2) is 68.6 Å². The molecule has 0 bridgehead atoms. The van der Waals surface area contributed by atoms with Crippen molar-refractivity contribution in [1.29, 1.82) is 0 Å². The fraction of sp³-hybridized carbons (Fsp3) is 1.00. The minimum absolute atomic E-state index is 0.0640. The van der Waals surface area contributed by atoms with Gasteiger partial charge in [0, 0.05) is 45.4 Å². The molecule has 0 aromatic carbocycles. The number of likely N-dealkylation sites (N-methyl/N-ethyl adjacent to an activating group) is 1. The highest BCUT2D eigenvalue weighted by Crippen LogP contribution is 2.12. The van der Waals surface area contributed by atoms with Gasteiger partial charge in [-0.05, 0) is 27.3 Å². The van der Waals surface area contributed by atoms with Crippen LogP contribution in [0.2, 0.25) is 0 Å². The molecule has 1 fully saturated rings. The predicted octanol–water partition coefficient (Wildman–Crippen LogP) is 1.41. The Labute approximate surface area is 106 Å². The molecule has 0 aliphatic carbocycles. The van der Waals surface area contributed by atoms with Crippen molar-refractivity contribution in [2.45, 2.75) is 39.5 Å². The lowest BCUT2D eigenvalue weighted by Gasteiger charge is -2.40. The number of hydrogen-bond donors (Lipinski definition) is 0. The molecule has 1 rings (SSSR count). The second kappa shape index (κ2) is 8.03. The zero-order chi connectivity index (χ0) is 12.7. The summed E-state index contributed by atoms with van der Waals surface area (Å²) in [7, 11) is 2.22. The highest BCUT2D eigenvalue weighted by atomic mass is 16.7. The molecule has 0 amide bonds. The van der Waals surface area contributed by atoms with Crippen LogP contribution < -0.4 is 0 Å². The first-order valence-electron chi connectivity index (χ1n) is 6.87. The lowest BCUT2D eigenvalue weighted by Crippen LogP contribution is -2.53. The van der Waals surface area contributed by atoms with Crippen LogP contribution in [0.5, 0.6) is 0 Å². The molecular weight excluding hydrogens is 216 g/mol. The monoisotopic (exact) mass is 244 g/mol. The molecule has 0 radical (unpaired) electrons. The molecule has 1 aliphatic heterocycles. The van der Waals surface area contributed by atoms with Crippen molar-refractivity contribution in [3.05, 3.63) is 0 Å². The highest BCUT2D eigenvalue weighted by molar-refractivity contribution is 4.79. The van der Waals surface area contributed by atoms with Crippen LogP contribution in [-0.2, 0) is 9.47 Å². The molecule has 0 saturated carbocycles. The molecular formula is C13H28N2O2. The Bertz CT molecular complexity index is 196. The van der Waals surface area contributed by atoms with Gasteiger partial charge in [-0.2, -0.15) is 0 Å². The lowest BCUT2D eigenvalue weighted by atomic mass is 10.1. The average molecular weight is 244 g/mol. The highest BCUT2D eigenvalue weighted by Gasteiger charge is 2.24. The molecule has 17 heavy (non-hydrogen) atoms. The van der Waals surface area contributed by atoms with E-state index in [4.69, 9.17) is 9.47 Å². The summed E-state index contributed by atoms with van der Waals surface area (Å²) in [6.07, 6.45) is 1.15. The van der Waals surface area contributed by atoms with Crippen molar-refractivity contribution in [3.63, 3.8) is 0 Å². The van der Waals surface area contributed by atoms with Crippen molar-refractivity contribution >= 4 is 0 Å². The third-order valence-electron chi connectivity index (χ3n) is 3.44. The van der Waals surface area contributed by atoms with E-state index in [2.05, 4.69) is 23.8 Å². The number of rotatable bonds is 7. The van der Waals surface area contributed by atoms with Gasteiger partial charge in [0.2, 0.25) is 0 Å². The quantitative estimate of drug-likeness (QED) is 0.632. The maximum atomic E-state index is 5.60. The summed E-state index contributed by atoms with van der Waals surface area (Å²) in [5.74, 6) is 0. The predicted molar refractivity (Wildman–Crippen MR) is 70.2 cm³/mol. The largest absolute Gasteiger partial charge is 0.352 e.